The van der Waals surface area contributed by atoms with Crippen LogP contribution in [-0.4, -0.2) is 56.8 Å². The van der Waals surface area contributed by atoms with Crippen molar-refractivity contribution in [2.45, 2.75) is 31.1 Å². The van der Waals surface area contributed by atoms with E-state index >= 15 is 0 Å². The SMILES string of the molecule is CCn1nnnc1SCC(=O)N1N=C(c2cccs2)C[C@H]1c1ccc(OC)c(OC)c1. The number of carbonyl (C=O) groups excluding carboxylic acids is 1. The summed E-state index contributed by atoms with van der Waals surface area (Å²) in [4.78, 5) is 14.2. The van der Waals surface area contributed by atoms with E-state index in [1.54, 1.807) is 35.2 Å². The molecule has 1 amide bonds. The zero-order valence-corrected chi connectivity index (χ0v) is 19.0. The van der Waals surface area contributed by atoms with Gasteiger partial charge in [-0.05, 0) is 46.5 Å². The van der Waals surface area contributed by atoms with Crippen molar-refractivity contribution in [1.82, 2.24) is 25.2 Å². The number of amides is 1. The van der Waals surface area contributed by atoms with Gasteiger partial charge in [-0.15, -0.1) is 16.4 Å². The van der Waals surface area contributed by atoms with Crippen molar-refractivity contribution in [3.63, 3.8) is 0 Å². The van der Waals surface area contributed by atoms with Gasteiger partial charge in [0.2, 0.25) is 5.16 Å². The predicted octanol–water partition coefficient (Wildman–Crippen LogP) is 3.24. The van der Waals surface area contributed by atoms with Gasteiger partial charge in [0, 0.05) is 13.0 Å². The molecule has 0 bridgehead atoms. The zero-order chi connectivity index (χ0) is 21.8. The standard InChI is InChI=1S/C20H22N6O3S2/c1-4-25-20(21-23-24-25)31-12-19(27)26-15(11-14(22-26)18-6-5-9-30-18)13-7-8-16(28-2)17(10-13)29-3/h5-10,15H,4,11-12H2,1-3H3/t15-/m0/s1. The number of carbonyl (C=O) groups is 1. The molecule has 0 radical (unpaired) electrons. The third kappa shape index (κ3) is 4.42. The summed E-state index contributed by atoms with van der Waals surface area (Å²) in [6.07, 6.45) is 0.624. The first-order valence-electron chi connectivity index (χ1n) is 9.68. The van der Waals surface area contributed by atoms with Crippen LogP contribution in [0.25, 0.3) is 0 Å². The van der Waals surface area contributed by atoms with E-state index in [0.29, 0.717) is 29.6 Å². The Bertz CT molecular complexity index is 1080. The average Bonchev–Trinajstić information content (AvgIpc) is 3.56. The van der Waals surface area contributed by atoms with Gasteiger partial charge >= 0.3 is 0 Å². The first-order valence-corrected chi connectivity index (χ1v) is 11.6. The van der Waals surface area contributed by atoms with E-state index in [-0.39, 0.29) is 17.7 Å². The Morgan fingerprint density at radius 2 is 2.10 bits per heavy atom. The Hall–Kier alpha value is -2.92. The van der Waals surface area contributed by atoms with E-state index in [9.17, 15) is 4.79 Å². The lowest BCUT2D eigenvalue weighted by molar-refractivity contribution is -0.130. The minimum absolute atomic E-state index is 0.109. The number of hydrazone groups is 1. The molecule has 0 N–H and O–H groups in total. The van der Waals surface area contributed by atoms with Crippen LogP contribution < -0.4 is 9.47 Å². The van der Waals surface area contributed by atoms with E-state index in [4.69, 9.17) is 14.6 Å². The molecule has 1 aliphatic heterocycles. The van der Waals surface area contributed by atoms with E-state index in [2.05, 4.69) is 15.5 Å². The smallest absolute Gasteiger partial charge is 0.253 e. The highest BCUT2D eigenvalue weighted by molar-refractivity contribution is 7.99. The van der Waals surface area contributed by atoms with Gasteiger partial charge in [0.1, 0.15) is 0 Å². The van der Waals surface area contributed by atoms with Crippen LogP contribution in [0.1, 0.15) is 29.8 Å². The highest BCUT2D eigenvalue weighted by atomic mass is 32.2. The van der Waals surface area contributed by atoms with Crippen LogP contribution in [0.3, 0.4) is 0 Å². The molecule has 11 heteroatoms. The molecule has 1 atom stereocenters. The second-order valence-electron chi connectivity index (χ2n) is 6.66. The van der Waals surface area contributed by atoms with Gasteiger partial charge in [-0.1, -0.05) is 23.9 Å². The molecular formula is C20H22N6O3S2. The van der Waals surface area contributed by atoms with E-state index in [1.807, 2.05) is 42.6 Å². The van der Waals surface area contributed by atoms with Crippen LogP contribution >= 0.6 is 23.1 Å². The van der Waals surface area contributed by atoms with E-state index < -0.39 is 0 Å². The summed E-state index contributed by atoms with van der Waals surface area (Å²) in [6.45, 7) is 2.59. The van der Waals surface area contributed by atoms with Crippen LogP contribution in [-0.2, 0) is 11.3 Å². The number of hydrogen-bond acceptors (Lipinski definition) is 9. The fourth-order valence-electron chi connectivity index (χ4n) is 3.34. The molecule has 0 saturated heterocycles. The monoisotopic (exact) mass is 458 g/mol. The molecule has 0 unspecified atom stereocenters. The Morgan fingerprint density at radius 1 is 1.26 bits per heavy atom. The van der Waals surface area contributed by atoms with Crippen molar-refractivity contribution in [2.24, 2.45) is 5.10 Å². The summed E-state index contributed by atoms with van der Waals surface area (Å²) < 4.78 is 12.5. The summed E-state index contributed by atoms with van der Waals surface area (Å²) in [5.41, 5.74) is 1.83. The molecule has 0 fully saturated rings. The van der Waals surface area contributed by atoms with Crippen molar-refractivity contribution in [3.05, 3.63) is 46.2 Å². The summed E-state index contributed by atoms with van der Waals surface area (Å²) in [6, 6.07) is 9.48. The fourth-order valence-corrected chi connectivity index (χ4v) is 4.86. The average molecular weight is 459 g/mol. The number of hydrogen-bond donors (Lipinski definition) is 0. The fraction of sp³-hybridized carbons (Fsp3) is 0.350. The molecule has 0 saturated carbocycles. The normalized spacial score (nSPS) is 15.8. The molecule has 9 nitrogen and oxygen atoms in total. The second-order valence-corrected chi connectivity index (χ2v) is 8.55. The van der Waals surface area contributed by atoms with Crippen molar-refractivity contribution in [1.29, 1.82) is 0 Å². The minimum atomic E-state index is -0.229. The molecule has 2 aromatic heterocycles. The number of nitrogens with zero attached hydrogens (tertiary/aromatic N) is 6. The zero-order valence-electron chi connectivity index (χ0n) is 17.4. The molecule has 3 aromatic rings. The number of thioether (sulfide) groups is 1. The summed E-state index contributed by atoms with van der Waals surface area (Å²) in [5, 5.41) is 20.5. The van der Waals surface area contributed by atoms with Gasteiger partial charge in [0.05, 0.1) is 36.6 Å². The molecular weight excluding hydrogens is 436 g/mol. The summed E-state index contributed by atoms with van der Waals surface area (Å²) in [7, 11) is 3.20. The second kappa shape index (κ2) is 9.48. The molecule has 0 aliphatic carbocycles. The number of methoxy groups -OCH3 is 2. The molecule has 1 aromatic carbocycles. The topological polar surface area (TPSA) is 94.7 Å². The van der Waals surface area contributed by atoms with E-state index in [1.165, 1.54) is 11.8 Å². The molecule has 162 valence electrons. The minimum Gasteiger partial charge on any atom is -0.493 e. The van der Waals surface area contributed by atoms with Gasteiger partial charge in [-0.25, -0.2) is 9.69 Å². The summed E-state index contributed by atoms with van der Waals surface area (Å²) >= 11 is 2.92. The Labute approximate surface area is 188 Å². The van der Waals surface area contributed by atoms with Crippen molar-refractivity contribution < 1.29 is 14.3 Å². The van der Waals surface area contributed by atoms with Gasteiger partial charge in [-0.2, -0.15) is 5.10 Å². The van der Waals surface area contributed by atoms with Gasteiger partial charge in [0.15, 0.2) is 11.5 Å². The molecule has 0 spiro atoms. The number of aryl methyl sites for hydroxylation is 1. The first kappa shape index (κ1) is 21.3. The number of tetrazole rings is 1. The lowest BCUT2D eigenvalue weighted by atomic mass is 10.0. The maximum atomic E-state index is 13.2. The maximum absolute atomic E-state index is 13.2. The lowest BCUT2D eigenvalue weighted by Crippen LogP contribution is -2.28. The molecule has 4 rings (SSSR count). The Morgan fingerprint density at radius 3 is 2.81 bits per heavy atom. The Kier molecular flexibility index (Phi) is 6.52. The van der Waals surface area contributed by atoms with Gasteiger partial charge in [0.25, 0.3) is 5.91 Å². The van der Waals surface area contributed by atoms with Crippen LogP contribution in [0.2, 0.25) is 0 Å². The third-order valence-electron chi connectivity index (χ3n) is 4.89. The third-order valence-corrected chi connectivity index (χ3v) is 6.75. The van der Waals surface area contributed by atoms with Crippen molar-refractivity contribution >= 4 is 34.7 Å². The van der Waals surface area contributed by atoms with Crippen LogP contribution in [0.5, 0.6) is 11.5 Å². The quantitative estimate of drug-likeness (QED) is 0.478. The number of rotatable bonds is 8. The highest BCUT2D eigenvalue weighted by Gasteiger charge is 2.34. The van der Waals surface area contributed by atoms with Crippen LogP contribution in [0, 0.1) is 0 Å². The largest absolute Gasteiger partial charge is 0.493 e. The summed E-state index contributed by atoms with van der Waals surface area (Å²) in [5.74, 6) is 1.34. The van der Waals surface area contributed by atoms with E-state index in [0.717, 1.165) is 16.2 Å². The number of aromatic nitrogens is 4. The van der Waals surface area contributed by atoms with Gasteiger partial charge < -0.3 is 9.47 Å². The molecule has 1 aliphatic rings. The highest BCUT2D eigenvalue weighted by Crippen LogP contribution is 2.38. The predicted molar refractivity (Wildman–Crippen MR) is 119 cm³/mol. The number of benzene rings is 1. The molecule has 3 heterocycles. The van der Waals surface area contributed by atoms with Crippen molar-refractivity contribution in [2.75, 3.05) is 20.0 Å². The maximum Gasteiger partial charge on any atom is 0.253 e. The van der Waals surface area contributed by atoms with Gasteiger partial charge in [-0.3, -0.25) is 4.79 Å². The number of thiophene rings is 1. The number of ether oxygens (including phenoxy) is 2. The molecule has 31 heavy (non-hydrogen) atoms. The van der Waals surface area contributed by atoms with Crippen LogP contribution in [0.4, 0.5) is 0 Å². The Balaban J connectivity index is 1.60. The van der Waals surface area contributed by atoms with Crippen molar-refractivity contribution in [3.8, 4) is 11.5 Å². The van der Waals surface area contributed by atoms with Crippen LogP contribution in [0.15, 0.2) is 46.0 Å². The lowest BCUT2D eigenvalue weighted by Gasteiger charge is -2.22. The first-order chi connectivity index (χ1) is 15.1.